The fraction of sp³-hybridized carbons (Fsp3) is 0.375. The molecule has 0 radical (unpaired) electrons. The highest BCUT2D eigenvalue weighted by molar-refractivity contribution is 5.92. The van der Waals surface area contributed by atoms with Crippen LogP contribution in [0.15, 0.2) is 6.20 Å². The van der Waals surface area contributed by atoms with Crippen LogP contribution in [-0.4, -0.2) is 15.9 Å². The van der Waals surface area contributed by atoms with Gasteiger partial charge in [0.05, 0.1) is 0 Å². The monoisotopic (exact) mass is 181 g/mol. The molecule has 5 heteroatoms. The Hall–Kier alpha value is -1.52. The molecule has 0 saturated carbocycles. The zero-order valence-corrected chi connectivity index (χ0v) is 6.88. The van der Waals surface area contributed by atoms with Gasteiger partial charge in [-0.25, -0.2) is 14.4 Å². The lowest BCUT2D eigenvalue weighted by atomic mass is 10.1. The molecule has 0 spiro atoms. The zero-order chi connectivity index (χ0) is 9.26. The third kappa shape index (κ3) is 1.49. The maximum atomic E-state index is 12.2. The van der Waals surface area contributed by atoms with Crippen LogP contribution in [0, 0.1) is 0 Å². The van der Waals surface area contributed by atoms with Gasteiger partial charge in [-0.1, -0.05) is 0 Å². The molecule has 2 rings (SSSR count). The van der Waals surface area contributed by atoms with E-state index in [1.807, 2.05) is 0 Å². The average Bonchev–Trinajstić information content (AvgIpc) is 2.16. The number of amides is 1. The van der Waals surface area contributed by atoms with Crippen molar-refractivity contribution in [2.24, 2.45) is 0 Å². The van der Waals surface area contributed by atoms with Gasteiger partial charge in [0.1, 0.15) is 12.5 Å². The van der Waals surface area contributed by atoms with Crippen molar-refractivity contribution in [3.63, 3.8) is 0 Å². The number of aromatic nitrogens is 2. The first-order valence-corrected chi connectivity index (χ1v) is 4.00. The third-order valence-electron chi connectivity index (χ3n) is 1.91. The van der Waals surface area contributed by atoms with E-state index in [1.165, 1.54) is 0 Å². The van der Waals surface area contributed by atoms with Crippen molar-refractivity contribution in [2.75, 3.05) is 5.32 Å². The number of carbonyl (C=O) groups excluding carboxylic acids is 1. The van der Waals surface area contributed by atoms with Gasteiger partial charge in [0, 0.05) is 18.2 Å². The molecule has 0 bridgehead atoms. The van der Waals surface area contributed by atoms with Gasteiger partial charge in [0.2, 0.25) is 5.91 Å². The molecule has 68 valence electrons. The molecule has 0 saturated heterocycles. The van der Waals surface area contributed by atoms with Crippen LogP contribution in [0.1, 0.15) is 17.8 Å². The fourth-order valence-electron chi connectivity index (χ4n) is 1.24. The van der Waals surface area contributed by atoms with E-state index in [1.54, 1.807) is 6.20 Å². The molecule has 4 nitrogen and oxygen atoms in total. The van der Waals surface area contributed by atoms with Crippen molar-refractivity contribution in [3.05, 3.63) is 17.6 Å². The minimum Gasteiger partial charge on any atom is -0.310 e. The predicted octanol–water partition coefficient (Wildman–Crippen LogP) is 0.831. The Bertz CT molecular complexity index is 353. The molecule has 1 aliphatic rings. The average molecular weight is 181 g/mol. The summed E-state index contributed by atoms with van der Waals surface area (Å²) in [6, 6.07) is 0. The van der Waals surface area contributed by atoms with Crippen LogP contribution in [0.2, 0.25) is 0 Å². The fourth-order valence-corrected chi connectivity index (χ4v) is 1.24. The van der Waals surface area contributed by atoms with Gasteiger partial charge in [0.15, 0.2) is 5.82 Å². The van der Waals surface area contributed by atoms with Gasteiger partial charge in [-0.15, -0.1) is 0 Å². The maximum absolute atomic E-state index is 12.2. The van der Waals surface area contributed by atoms with E-state index >= 15 is 0 Å². The van der Waals surface area contributed by atoms with E-state index in [4.69, 9.17) is 0 Å². The van der Waals surface area contributed by atoms with Crippen LogP contribution in [0.3, 0.4) is 0 Å². The van der Waals surface area contributed by atoms with Crippen LogP contribution in [-0.2, 0) is 17.9 Å². The van der Waals surface area contributed by atoms with Crippen LogP contribution in [0.5, 0.6) is 0 Å². The molecule has 1 aromatic rings. The summed E-state index contributed by atoms with van der Waals surface area (Å²) in [5.41, 5.74) is 0.872. The number of hydrogen-bond acceptors (Lipinski definition) is 3. The molecule has 1 N–H and O–H groups in total. The first-order chi connectivity index (χ1) is 6.29. The van der Waals surface area contributed by atoms with E-state index in [0.717, 1.165) is 5.56 Å². The summed E-state index contributed by atoms with van der Waals surface area (Å²) in [6.45, 7) is -0.705. The summed E-state index contributed by atoms with van der Waals surface area (Å²) in [5, 5.41) is 2.58. The second-order valence-corrected chi connectivity index (χ2v) is 2.84. The zero-order valence-electron chi connectivity index (χ0n) is 6.88. The topological polar surface area (TPSA) is 54.9 Å². The highest BCUT2D eigenvalue weighted by atomic mass is 19.1. The van der Waals surface area contributed by atoms with Crippen LogP contribution >= 0.6 is 0 Å². The molecule has 0 fully saturated rings. The Kier molecular flexibility index (Phi) is 1.92. The minimum atomic E-state index is -0.705. The van der Waals surface area contributed by atoms with Gasteiger partial charge >= 0.3 is 0 Å². The number of alkyl halides is 1. The van der Waals surface area contributed by atoms with E-state index in [2.05, 4.69) is 15.3 Å². The van der Waals surface area contributed by atoms with Crippen molar-refractivity contribution in [2.45, 2.75) is 19.5 Å². The maximum Gasteiger partial charge on any atom is 0.225 e. The molecule has 0 aliphatic carbocycles. The lowest BCUT2D eigenvalue weighted by Gasteiger charge is -2.14. The molecule has 0 unspecified atom stereocenters. The SMILES string of the molecule is O=C1CCc2cnc(CF)nc2N1. The summed E-state index contributed by atoms with van der Waals surface area (Å²) in [7, 11) is 0. The quantitative estimate of drug-likeness (QED) is 0.698. The number of halogens is 1. The van der Waals surface area contributed by atoms with Crippen molar-refractivity contribution in [1.82, 2.24) is 9.97 Å². The third-order valence-corrected chi connectivity index (χ3v) is 1.91. The molecule has 2 heterocycles. The summed E-state index contributed by atoms with van der Waals surface area (Å²) in [6.07, 6.45) is 2.65. The van der Waals surface area contributed by atoms with Crippen molar-refractivity contribution in [3.8, 4) is 0 Å². The molecular weight excluding hydrogens is 173 g/mol. The summed E-state index contributed by atoms with van der Waals surface area (Å²) in [5.74, 6) is 0.496. The number of anilines is 1. The van der Waals surface area contributed by atoms with Crippen LogP contribution < -0.4 is 5.32 Å². The second-order valence-electron chi connectivity index (χ2n) is 2.84. The number of rotatable bonds is 1. The van der Waals surface area contributed by atoms with E-state index in [-0.39, 0.29) is 11.7 Å². The molecule has 1 aromatic heterocycles. The molecule has 0 atom stereocenters. The Labute approximate surface area is 74.2 Å². The van der Waals surface area contributed by atoms with Gasteiger partial charge in [-0.3, -0.25) is 4.79 Å². The highest BCUT2D eigenvalue weighted by Gasteiger charge is 2.16. The number of aryl methyl sites for hydroxylation is 1. The number of nitrogens with zero attached hydrogens (tertiary/aromatic N) is 2. The van der Waals surface area contributed by atoms with Gasteiger partial charge in [0.25, 0.3) is 0 Å². The Morgan fingerprint density at radius 2 is 2.38 bits per heavy atom. The Balaban J connectivity index is 2.38. The van der Waals surface area contributed by atoms with Crippen molar-refractivity contribution in [1.29, 1.82) is 0 Å². The van der Waals surface area contributed by atoms with Gasteiger partial charge < -0.3 is 5.32 Å². The minimum absolute atomic E-state index is 0.0731. The lowest BCUT2D eigenvalue weighted by Crippen LogP contribution is -2.21. The van der Waals surface area contributed by atoms with Gasteiger partial charge in [-0.2, -0.15) is 0 Å². The van der Waals surface area contributed by atoms with Gasteiger partial charge in [-0.05, 0) is 6.42 Å². The molecule has 0 aromatic carbocycles. The number of hydrogen-bond donors (Lipinski definition) is 1. The second kappa shape index (κ2) is 3.08. The normalized spacial score (nSPS) is 15.0. The number of fused-ring (bicyclic) bond motifs is 1. The molecule has 1 aliphatic heterocycles. The van der Waals surface area contributed by atoms with Crippen molar-refractivity contribution < 1.29 is 9.18 Å². The number of carbonyl (C=O) groups is 1. The lowest BCUT2D eigenvalue weighted by molar-refractivity contribution is -0.116. The number of nitrogens with one attached hydrogen (secondary N) is 1. The molecular formula is C8H8FN3O. The van der Waals surface area contributed by atoms with Crippen LogP contribution in [0.4, 0.5) is 10.2 Å². The van der Waals surface area contributed by atoms with E-state index < -0.39 is 6.67 Å². The largest absolute Gasteiger partial charge is 0.310 e. The first kappa shape index (κ1) is 8.10. The summed E-state index contributed by atoms with van der Waals surface area (Å²) < 4.78 is 12.2. The molecule has 13 heavy (non-hydrogen) atoms. The first-order valence-electron chi connectivity index (χ1n) is 4.00. The summed E-state index contributed by atoms with van der Waals surface area (Å²) in [4.78, 5) is 18.6. The smallest absolute Gasteiger partial charge is 0.225 e. The van der Waals surface area contributed by atoms with Crippen molar-refractivity contribution >= 4 is 11.7 Å². The predicted molar refractivity (Wildman–Crippen MR) is 43.8 cm³/mol. The summed E-state index contributed by atoms with van der Waals surface area (Å²) >= 11 is 0. The van der Waals surface area contributed by atoms with E-state index in [0.29, 0.717) is 18.7 Å². The highest BCUT2D eigenvalue weighted by Crippen LogP contribution is 2.18. The molecule has 1 amide bonds. The van der Waals surface area contributed by atoms with Crippen LogP contribution in [0.25, 0.3) is 0 Å². The standard InChI is InChI=1S/C8H8FN3O/c9-3-6-10-4-5-1-2-7(13)12-8(5)11-6/h4H,1-3H2,(H,10,11,12,13). The Morgan fingerprint density at radius 1 is 1.54 bits per heavy atom. The Morgan fingerprint density at radius 3 is 3.15 bits per heavy atom. The van der Waals surface area contributed by atoms with E-state index in [9.17, 15) is 9.18 Å².